The first-order chi connectivity index (χ1) is 9.64. The van der Waals surface area contributed by atoms with Crippen LogP contribution in [0.15, 0.2) is 30.3 Å². The highest BCUT2D eigenvalue weighted by atomic mass is 16.5. The van der Waals surface area contributed by atoms with Crippen LogP contribution in [0.4, 0.5) is 0 Å². The first-order valence-electron chi connectivity index (χ1n) is 7.71. The van der Waals surface area contributed by atoms with Crippen molar-refractivity contribution in [2.24, 2.45) is 17.3 Å². The predicted molar refractivity (Wildman–Crippen MR) is 81.4 cm³/mol. The van der Waals surface area contributed by atoms with Crippen molar-refractivity contribution in [3.8, 4) is 0 Å². The van der Waals surface area contributed by atoms with E-state index in [0.29, 0.717) is 12.5 Å². The lowest BCUT2D eigenvalue weighted by molar-refractivity contribution is -0.118. The SMILES string of the molecule is CC1(C)C(C=O)CCC[C@H]1CCOCc1ccccc1. The highest BCUT2D eigenvalue weighted by Crippen LogP contribution is 2.45. The molecule has 0 N–H and O–H groups in total. The molecule has 0 bridgehead atoms. The van der Waals surface area contributed by atoms with Gasteiger partial charge >= 0.3 is 0 Å². The molecule has 20 heavy (non-hydrogen) atoms. The van der Waals surface area contributed by atoms with Crippen molar-refractivity contribution in [3.05, 3.63) is 35.9 Å². The summed E-state index contributed by atoms with van der Waals surface area (Å²) in [7, 11) is 0. The second kappa shape index (κ2) is 7.03. The standard InChI is InChI=1S/C18H26O2/c1-18(2)16(9-6-10-17(18)13-19)11-12-20-14-15-7-4-3-5-8-15/h3-5,7-8,13,16-17H,6,9-12,14H2,1-2H3/t16-,17?/m0/s1. The van der Waals surface area contributed by atoms with Gasteiger partial charge in [0.2, 0.25) is 0 Å². The molecule has 1 aromatic rings. The molecule has 0 saturated heterocycles. The number of aldehydes is 1. The summed E-state index contributed by atoms with van der Waals surface area (Å²) in [5.41, 5.74) is 1.34. The summed E-state index contributed by atoms with van der Waals surface area (Å²) >= 11 is 0. The number of carbonyl (C=O) groups excluding carboxylic acids is 1. The third kappa shape index (κ3) is 3.69. The van der Waals surface area contributed by atoms with Gasteiger partial charge in [-0.2, -0.15) is 0 Å². The van der Waals surface area contributed by atoms with Crippen LogP contribution in [-0.2, 0) is 16.1 Å². The molecular weight excluding hydrogens is 248 g/mol. The molecular formula is C18H26O2. The van der Waals surface area contributed by atoms with E-state index in [2.05, 4.69) is 26.0 Å². The molecule has 1 fully saturated rings. The van der Waals surface area contributed by atoms with E-state index in [1.54, 1.807) is 0 Å². The quantitative estimate of drug-likeness (QED) is 0.573. The number of benzene rings is 1. The van der Waals surface area contributed by atoms with Crippen molar-refractivity contribution in [1.29, 1.82) is 0 Å². The summed E-state index contributed by atoms with van der Waals surface area (Å²) in [5, 5.41) is 0. The third-order valence-corrected chi connectivity index (χ3v) is 4.96. The van der Waals surface area contributed by atoms with Crippen molar-refractivity contribution in [1.82, 2.24) is 0 Å². The van der Waals surface area contributed by atoms with Crippen LogP contribution in [0.5, 0.6) is 0 Å². The molecule has 0 aliphatic heterocycles. The minimum atomic E-state index is 0.121. The summed E-state index contributed by atoms with van der Waals surface area (Å²) in [6.45, 7) is 5.96. The molecule has 0 radical (unpaired) electrons. The van der Waals surface area contributed by atoms with E-state index in [4.69, 9.17) is 4.74 Å². The van der Waals surface area contributed by atoms with E-state index in [9.17, 15) is 4.79 Å². The zero-order valence-corrected chi connectivity index (χ0v) is 12.7. The molecule has 0 amide bonds. The summed E-state index contributed by atoms with van der Waals surface area (Å²) in [5.74, 6) is 0.817. The van der Waals surface area contributed by atoms with E-state index < -0.39 is 0 Å². The van der Waals surface area contributed by atoms with Crippen molar-refractivity contribution >= 4 is 6.29 Å². The van der Waals surface area contributed by atoms with E-state index in [0.717, 1.165) is 25.7 Å². The molecule has 110 valence electrons. The van der Waals surface area contributed by atoms with Gasteiger partial charge in [0.25, 0.3) is 0 Å². The molecule has 2 rings (SSSR count). The van der Waals surface area contributed by atoms with Crippen molar-refractivity contribution in [3.63, 3.8) is 0 Å². The van der Waals surface area contributed by atoms with Gasteiger partial charge in [-0.3, -0.25) is 0 Å². The Bertz CT molecular complexity index is 411. The van der Waals surface area contributed by atoms with E-state index in [1.165, 1.54) is 18.4 Å². The van der Waals surface area contributed by atoms with Gasteiger partial charge in [-0.05, 0) is 36.2 Å². The van der Waals surface area contributed by atoms with Crippen molar-refractivity contribution < 1.29 is 9.53 Å². The maximum Gasteiger partial charge on any atom is 0.123 e. The summed E-state index contributed by atoms with van der Waals surface area (Å²) in [6.07, 6.45) is 5.68. The zero-order valence-electron chi connectivity index (χ0n) is 12.7. The largest absolute Gasteiger partial charge is 0.377 e. The molecule has 1 aliphatic rings. The Kier molecular flexibility index (Phi) is 5.36. The molecule has 1 saturated carbocycles. The summed E-state index contributed by atoms with van der Waals surface area (Å²) in [6, 6.07) is 10.3. The fourth-order valence-electron chi connectivity index (χ4n) is 3.38. The second-order valence-corrected chi connectivity index (χ2v) is 6.52. The lowest BCUT2D eigenvalue weighted by atomic mass is 9.62. The van der Waals surface area contributed by atoms with Crippen LogP contribution < -0.4 is 0 Å². The fourth-order valence-corrected chi connectivity index (χ4v) is 3.38. The van der Waals surface area contributed by atoms with Gasteiger partial charge in [0.15, 0.2) is 0 Å². The van der Waals surface area contributed by atoms with Gasteiger partial charge in [-0.25, -0.2) is 0 Å². The summed E-state index contributed by atoms with van der Waals surface area (Å²) in [4.78, 5) is 11.2. The first kappa shape index (κ1) is 15.2. The molecule has 0 heterocycles. The van der Waals surface area contributed by atoms with Gasteiger partial charge in [0.05, 0.1) is 6.61 Å². The Labute approximate surface area is 122 Å². The Morgan fingerprint density at radius 1 is 1.25 bits per heavy atom. The molecule has 1 unspecified atom stereocenters. The molecule has 0 spiro atoms. The third-order valence-electron chi connectivity index (χ3n) is 4.96. The van der Waals surface area contributed by atoms with E-state index in [1.807, 2.05) is 18.2 Å². The highest BCUT2D eigenvalue weighted by molar-refractivity contribution is 5.55. The van der Waals surface area contributed by atoms with E-state index >= 15 is 0 Å². The van der Waals surface area contributed by atoms with Crippen LogP contribution >= 0.6 is 0 Å². The fraction of sp³-hybridized carbons (Fsp3) is 0.611. The number of hydrogen-bond donors (Lipinski definition) is 0. The molecule has 1 aromatic carbocycles. The lowest BCUT2D eigenvalue weighted by Gasteiger charge is -2.43. The maximum atomic E-state index is 11.2. The van der Waals surface area contributed by atoms with E-state index in [-0.39, 0.29) is 11.3 Å². The van der Waals surface area contributed by atoms with Crippen LogP contribution in [0.2, 0.25) is 0 Å². The Hall–Kier alpha value is -1.15. The van der Waals surface area contributed by atoms with Gasteiger partial charge < -0.3 is 9.53 Å². The predicted octanol–water partition coefficient (Wildman–Crippen LogP) is 4.23. The van der Waals surface area contributed by atoms with Crippen LogP contribution in [0.25, 0.3) is 0 Å². The zero-order chi connectivity index (χ0) is 14.4. The van der Waals surface area contributed by atoms with Crippen LogP contribution in [0.1, 0.15) is 45.1 Å². The molecule has 2 nitrogen and oxygen atoms in total. The van der Waals surface area contributed by atoms with Gasteiger partial charge in [0, 0.05) is 12.5 Å². The molecule has 1 aliphatic carbocycles. The normalized spacial score (nSPS) is 25.3. The number of ether oxygens (including phenoxy) is 1. The van der Waals surface area contributed by atoms with Crippen molar-refractivity contribution in [2.45, 2.75) is 46.1 Å². The average molecular weight is 274 g/mol. The highest BCUT2D eigenvalue weighted by Gasteiger charge is 2.39. The van der Waals surface area contributed by atoms with Gasteiger partial charge in [0.1, 0.15) is 6.29 Å². The Morgan fingerprint density at radius 2 is 2.00 bits per heavy atom. The molecule has 2 atom stereocenters. The lowest BCUT2D eigenvalue weighted by Crippen LogP contribution is -2.37. The monoisotopic (exact) mass is 274 g/mol. The minimum Gasteiger partial charge on any atom is -0.377 e. The van der Waals surface area contributed by atoms with Crippen LogP contribution in [0, 0.1) is 17.3 Å². The Balaban J connectivity index is 1.77. The summed E-state index contributed by atoms with van der Waals surface area (Å²) < 4.78 is 5.80. The van der Waals surface area contributed by atoms with Gasteiger partial charge in [-0.1, -0.05) is 50.6 Å². The minimum absolute atomic E-state index is 0.121. The molecule has 2 heteroatoms. The average Bonchev–Trinajstić information content (AvgIpc) is 2.45. The number of carbonyl (C=O) groups is 1. The maximum absolute atomic E-state index is 11.2. The smallest absolute Gasteiger partial charge is 0.123 e. The first-order valence-corrected chi connectivity index (χ1v) is 7.71. The van der Waals surface area contributed by atoms with Crippen molar-refractivity contribution in [2.75, 3.05) is 6.61 Å². The van der Waals surface area contributed by atoms with Gasteiger partial charge in [-0.15, -0.1) is 0 Å². The number of hydrogen-bond acceptors (Lipinski definition) is 2. The number of rotatable bonds is 6. The Morgan fingerprint density at radius 3 is 2.70 bits per heavy atom. The second-order valence-electron chi connectivity index (χ2n) is 6.52. The van der Waals surface area contributed by atoms with Crippen LogP contribution in [0.3, 0.4) is 0 Å². The molecule has 0 aromatic heterocycles. The van der Waals surface area contributed by atoms with Crippen LogP contribution in [-0.4, -0.2) is 12.9 Å². The topological polar surface area (TPSA) is 26.3 Å².